The molecule has 1 aliphatic rings. The summed E-state index contributed by atoms with van der Waals surface area (Å²) in [4.78, 5) is 26.6. The maximum Gasteiger partial charge on any atom is 0.251 e. The zero-order valence-corrected chi connectivity index (χ0v) is 18.1. The standard InChI is InChI=1S/C26H25FN2O3/c1-17(30)29-14-13-20-16-21(7-12-25(20)29)26(31)28-24(15-18-3-8-22(27)9-4-18)19-5-10-23(32-2)11-6-19/h3-12,16,24H,13-15H2,1-2H3,(H,28,31). The molecule has 32 heavy (non-hydrogen) atoms. The average Bonchev–Trinajstić information content (AvgIpc) is 3.24. The predicted molar refractivity (Wildman–Crippen MR) is 121 cm³/mol. The molecule has 1 aliphatic heterocycles. The van der Waals surface area contributed by atoms with Crippen molar-refractivity contribution in [2.45, 2.75) is 25.8 Å². The highest BCUT2D eigenvalue weighted by molar-refractivity contribution is 5.98. The Morgan fingerprint density at radius 1 is 1.06 bits per heavy atom. The highest BCUT2D eigenvalue weighted by atomic mass is 19.1. The van der Waals surface area contributed by atoms with Crippen LogP contribution in [0.5, 0.6) is 5.75 Å². The molecule has 4 rings (SSSR count). The van der Waals surface area contributed by atoms with Crippen molar-refractivity contribution in [3.05, 3.63) is 94.8 Å². The smallest absolute Gasteiger partial charge is 0.251 e. The Balaban J connectivity index is 1.58. The molecule has 0 bridgehead atoms. The molecule has 1 heterocycles. The Hall–Kier alpha value is -3.67. The molecule has 1 atom stereocenters. The second-order valence-electron chi connectivity index (χ2n) is 7.89. The van der Waals surface area contributed by atoms with Crippen LogP contribution < -0.4 is 15.0 Å². The van der Waals surface area contributed by atoms with Gasteiger partial charge >= 0.3 is 0 Å². The van der Waals surface area contributed by atoms with E-state index in [1.54, 1.807) is 37.1 Å². The molecule has 164 valence electrons. The number of hydrogen-bond donors (Lipinski definition) is 1. The van der Waals surface area contributed by atoms with Crippen molar-refractivity contribution < 1.29 is 18.7 Å². The van der Waals surface area contributed by atoms with E-state index in [1.165, 1.54) is 12.1 Å². The summed E-state index contributed by atoms with van der Waals surface area (Å²) in [5.41, 5.74) is 4.25. The number of methoxy groups -OCH3 is 1. The van der Waals surface area contributed by atoms with Crippen LogP contribution in [0.3, 0.4) is 0 Å². The van der Waals surface area contributed by atoms with Crippen LogP contribution in [0.15, 0.2) is 66.7 Å². The normalized spacial score (nSPS) is 13.4. The van der Waals surface area contributed by atoms with E-state index in [9.17, 15) is 14.0 Å². The fraction of sp³-hybridized carbons (Fsp3) is 0.231. The van der Waals surface area contributed by atoms with E-state index in [0.29, 0.717) is 18.5 Å². The molecule has 1 unspecified atom stereocenters. The Morgan fingerprint density at radius 2 is 1.78 bits per heavy atom. The van der Waals surface area contributed by atoms with E-state index >= 15 is 0 Å². The molecule has 5 nitrogen and oxygen atoms in total. The molecule has 0 aromatic heterocycles. The van der Waals surface area contributed by atoms with Crippen molar-refractivity contribution in [1.29, 1.82) is 0 Å². The number of carbonyl (C=O) groups is 2. The van der Waals surface area contributed by atoms with E-state index < -0.39 is 0 Å². The van der Waals surface area contributed by atoms with E-state index in [0.717, 1.165) is 34.5 Å². The summed E-state index contributed by atoms with van der Waals surface area (Å²) in [5, 5.41) is 3.12. The number of nitrogens with zero attached hydrogens (tertiary/aromatic N) is 1. The first-order valence-corrected chi connectivity index (χ1v) is 10.5. The van der Waals surface area contributed by atoms with Gasteiger partial charge in [-0.2, -0.15) is 0 Å². The van der Waals surface area contributed by atoms with Gasteiger partial charge in [-0.1, -0.05) is 24.3 Å². The fourth-order valence-electron chi connectivity index (χ4n) is 4.06. The molecule has 6 heteroatoms. The lowest BCUT2D eigenvalue weighted by Crippen LogP contribution is -2.30. The van der Waals surface area contributed by atoms with E-state index in [-0.39, 0.29) is 23.7 Å². The lowest BCUT2D eigenvalue weighted by molar-refractivity contribution is -0.116. The number of benzene rings is 3. The lowest BCUT2D eigenvalue weighted by Gasteiger charge is -2.20. The molecular formula is C26H25FN2O3. The van der Waals surface area contributed by atoms with E-state index in [1.807, 2.05) is 36.4 Å². The van der Waals surface area contributed by atoms with Gasteiger partial charge in [-0.3, -0.25) is 9.59 Å². The van der Waals surface area contributed by atoms with E-state index in [2.05, 4.69) is 5.32 Å². The van der Waals surface area contributed by atoms with E-state index in [4.69, 9.17) is 4.74 Å². The molecule has 3 aromatic rings. The molecule has 0 aliphatic carbocycles. The number of carbonyl (C=O) groups excluding carboxylic acids is 2. The minimum absolute atomic E-state index is 0.000167. The first-order valence-electron chi connectivity index (χ1n) is 10.5. The van der Waals surface area contributed by atoms with Gasteiger partial charge in [-0.15, -0.1) is 0 Å². The zero-order valence-electron chi connectivity index (χ0n) is 18.1. The maximum absolute atomic E-state index is 13.3. The van der Waals surface area contributed by atoms with Crippen molar-refractivity contribution in [3.63, 3.8) is 0 Å². The van der Waals surface area contributed by atoms with Crippen molar-refractivity contribution in [2.75, 3.05) is 18.6 Å². The van der Waals surface area contributed by atoms with Gasteiger partial charge in [0.2, 0.25) is 5.91 Å². The summed E-state index contributed by atoms with van der Waals surface area (Å²) >= 11 is 0. The van der Waals surface area contributed by atoms with Crippen molar-refractivity contribution >= 4 is 17.5 Å². The van der Waals surface area contributed by atoms with Gasteiger partial charge in [0.1, 0.15) is 11.6 Å². The molecule has 2 amide bonds. The van der Waals surface area contributed by atoms with Gasteiger partial charge in [0.15, 0.2) is 0 Å². The monoisotopic (exact) mass is 432 g/mol. The summed E-state index contributed by atoms with van der Waals surface area (Å²) in [7, 11) is 1.61. The zero-order chi connectivity index (χ0) is 22.7. The van der Waals surface area contributed by atoms with Crippen LogP contribution in [-0.2, 0) is 17.6 Å². The summed E-state index contributed by atoms with van der Waals surface area (Å²) in [6, 6.07) is 19.0. The molecule has 0 saturated heterocycles. The number of rotatable bonds is 6. The first-order chi connectivity index (χ1) is 15.4. The largest absolute Gasteiger partial charge is 0.497 e. The number of nitrogens with one attached hydrogen (secondary N) is 1. The van der Waals surface area contributed by atoms with Crippen molar-refractivity contribution in [2.24, 2.45) is 0 Å². The van der Waals surface area contributed by atoms with Crippen molar-refractivity contribution in [3.8, 4) is 5.75 Å². The molecular weight excluding hydrogens is 407 g/mol. The molecule has 1 N–H and O–H groups in total. The number of anilines is 1. The van der Waals surface area contributed by atoms with Gasteiger partial charge in [-0.25, -0.2) is 4.39 Å². The second-order valence-corrected chi connectivity index (χ2v) is 7.89. The van der Waals surface area contributed by atoms with Crippen LogP contribution in [0, 0.1) is 5.82 Å². The topological polar surface area (TPSA) is 58.6 Å². The molecule has 0 radical (unpaired) electrons. The minimum Gasteiger partial charge on any atom is -0.497 e. The first kappa shape index (κ1) is 21.6. The summed E-state index contributed by atoms with van der Waals surface area (Å²) in [6.07, 6.45) is 1.24. The van der Waals surface area contributed by atoms with Crippen LogP contribution in [0.2, 0.25) is 0 Å². The molecule has 0 spiro atoms. The van der Waals surface area contributed by atoms with Gasteiger partial charge in [0, 0.05) is 24.7 Å². The molecule has 3 aromatic carbocycles. The quantitative estimate of drug-likeness (QED) is 0.626. The van der Waals surface area contributed by atoms with Crippen LogP contribution in [0.4, 0.5) is 10.1 Å². The summed E-state index contributed by atoms with van der Waals surface area (Å²) in [6.45, 7) is 2.18. The minimum atomic E-state index is -0.305. The third-order valence-corrected chi connectivity index (χ3v) is 5.79. The average molecular weight is 432 g/mol. The Morgan fingerprint density at radius 3 is 2.44 bits per heavy atom. The van der Waals surface area contributed by atoms with Gasteiger partial charge in [0.25, 0.3) is 5.91 Å². The SMILES string of the molecule is COc1ccc(C(Cc2ccc(F)cc2)NC(=O)c2ccc3c(c2)CCN3C(C)=O)cc1. The number of amides is 2. The van der Waals surface area contributed by atoms with Crippen LogP contribution in [0.1, 0.15) is 40.0 Å². The summed E-state index contributed by atoms with van der Waals surface area (Å²) in [5.74, 6) is 0.239. The predicted octanol–water partition coefficient (Wildman–Crippen LogP) is 4.46. The van der Waals surface area contributed by atoms with Gasteiger partial charge in [0.05, 0.1) is 13.2 Å². The van der Waals surface area contributed by atoms with Crippen LogP contribution in [0.25, 0.3) is 0 Å². The molecule has 0 saturated carbocycles. The Labute approximate surface area is 186 Å². The highest BCUT2D eigenvalue weighted by Gasteiger charge is 2.24. The second kappa shape index (κ2) is 9.22. The van der Waals surface area contributed by atoms with Crippen LogP contribution >= 0.6 is 0 Å². The Kier molecular flexibility index (Phi) is 6.21. The van der Waals surface area contributed by atoms with Crippen molar-refractivity contribution in [1.82, 2.24) is 5.32 Å². The van der Waals surface area contributed by atoms with Gasteiger partial charge in [-0.05, 0) is 72.0 Å². The van der Waals surface area contributed by atoms with Gasteiger partial charge < -0.3 is 15.0 Å². The fourth-order valence-corrected chi connectivity index (χ4v) is 4.06. The molecule has 0 fully saturated rings. The highest BCUT2D eigenvalue weighted by Crippen LogP contribution is 2.29. The third kappa shape index (κ3) is 4.64. The number of fused-ring (bicyclic) bond motifs is 1. The maximum atomic E-state index is 13.3. The summed E-state index contributed by atoms with van der Waals surface area (Å²) < 4.78 is 18.6. The Bertz CT molecular complexity index is 1130. The number of halogens is 1. The number of hydrogen-bond acceptors (Lipinski definition) is 3. The van der Waals surface area contributed by atoms with Crippen LogP contribution in [-0.4, -0.2) is 25.5 Å². The third-order valence-electron chi connectivity index (χ3n) is 5.79. The number of ether oxygens (including phenoxy) is 1. The lowest BCUT2D eigenvalue weighted by atomic mass is 9.98.